The topological polar surface area (TPSA) is 96.4 Å². The van der Waals surface area contributed by atoms with E-state index < -0.39 is 9.84 Å². The average Bonchev–Trinajstić information content (AvgIpc) is 3.23. The van der Waals surface area contributed by atoms with Crippen molar-refractivity contribution in [3.05, 3.63) is 18.2 Å². The van der Waals surface area contributed by atoms with Crippen molar-refractivity contribution in [1.29, 1.82) is 0 Å². The minimum Gasteiger partial charge on any atom is -0.339 e. The molecule has 2 heterocycles. The third-order valence-electron chi connectivity index (χ3n) is 5.56. The molecule has 2 aromatic rings. The van der Waals surface area contributed by atoms with Crippen LogP contribution < -0.4 is 5.32 Å². The first kappa shape index (κ1) is 19.3. The summed E-state index contributed by atoms with van der Waals surface area (Å²) < 4.78 is 24.1. The summed E-state index contributed by atoms with van der Waals surface area (Å²) in [5, 5.41) is 3.24. The van der Waals surface area contributed by atoms with E-state index in [9.17, 15) is 18.0 Å². The Morgan fingerprint density at radius 1 is 1.25 bits per heavy atom. The van der Waals surface area contributed by atoms with Crippen molar-refractivity contribution >= 4 is 48.3 Å². The molecule has 4 rings (SSSR count). The van der Waals surface area contributed by atoms with Crippen LogP contribution in [0.2, 0.25) is 0 Å². The lowest BCUT2D eigenvalue weighted by molar-refractivity contribution is -0.130. The molecule has 0 radical (unpaired) electrons. The van der Waals surface area contributed by atoms with Gasteiger partial charge in [-0.3, -0.25) is 9.59 Å². The van der Waals surface area contributed by atoms with E-state index in [-0.39, 0.29) is 35.1 Å². The van der Waals surface area contributed by atoms with Gasteiger partial charge in [0.2, 0.25) is 11.8 Å². The van der Waals surface area contributed by atoms with Gasteiger partial charge in [-0.05, 0) is 31.0 Å². The van der Waals surface area contributed by atoms with E-state index in [0.29, 0.717) is 21.9 Å². The zero-order valence-electron chi connectivity index (χ0n) is 15.7. The highest BCUT2D eigenvalue weighted by molar-refractivity contribution is 7.90. The summed E-state index contributed by atoms with van der Waals surface area (Å²) in [4.78, 5) is 31.5. The zero-order chi connectivity index (χ0) is 19.9. The van der Waals surface area contributed by atoms with Crippen LogP contribution in [0.15, 0.2) is 23.1 Å². The molecule has 1 saturated heterocycles. The summed E-state index contributed by atoms with van der Waals surface area (Å²) >= 11 is 1.24. The van der Waals surface area contributed by atoms with E-state index in [1.165, 1.54) is 23.8 Å². The van der Waals surface area contributed by atoms with Crippen LogP contribution in [0.4, 0.5) is 5.13 Å². The molecule has 1 aromatic carbocycles. The predicted molar refractivity (Wildman–Crippen MR) is 108 cm³/mol. The highest BCUT2D eigenvalue weighted by atomic mass is 32.2. The molecule has 2 aliphatic rings. The van der Waals surface area contributed by atoms with Gasteiger partial charge in [0.05, 0.1) is 21.0 Å². The van der Waals surface area contributed by atoms with Gasteiger partial charge in [-0.25, -0.2) is 13.4 Å². The Balaban J connectivity index is 1.45. The quantitative estimate of drug-likeness (QED) is 0.819. The molecule has 0 spiro atoms. The van der Waals surface area contributed by atoms with Crippen LogP contribution in [0, 0.1) is 5.92 Å². The van der Waals surface area contributed by atoms with Crippen molar-refractivity contribution < 1.29 is 18.0 Å². The van der Waals surface area contributed by atoms with E-state index in [0.717, 1.165) is 31.9 Å². The number of hydrogen-bond donors (Lipinski definition) is 1. The molecule has 1 aliphatic heterocycles. The van der Waals surface area contributed by atoms with Gasteiger partial charge in [0.1, 0.15) is 0 Å². The third-order valence-corrected chi connectivity index (χ3v) is 7.61. The monoisotopic (exact) mass is 421 g/mol. The molecule has 1 aromatic heterocycles. The summed E-state index contributed by atoms with van der Waals surface area (Å²) in [6.45, 7) is 0.471. The fourth-order valence-electron chi connectivity index (χ4n) is 4.05. The average molecular weight is 422 g/mol. The van der Waals surface area contributed by atoms with Gasteiger partial charge < -0.3 is 10.2 Å². The van der Waals surface area contributed by atoms with Crippen molar-refractivity contribution in [2.45, 2.75) is 49.5 Å². The number of carbonyl (C=O) groups is 2. The van der Waals surface area contributed by atoms with Gasteiger partial charge in [-0.2, -0.15) is 0 Å². The maximum absolute atomic E-state index is 12.7. The molecule has 1 atom stereocenters. The van der Waals surface area contributed by atoms with Gasteiger partial charge in [-0.15, -0.1) is 0 Å². The van der Waals surface area contributed by atoms with Crippen LogP contribution in [0.3, 0.4) is 0 Å². The van der Waals surface area contributed by atoms with Crippen LogP contribution in [0.1, 0.15) is 38.5 Å². The SMILES string of the molecule is CS(=O)(=O)c1ccc2nc(NC(=O)C3CC(=O)N(C4CCCCC4)C3)sc2c1. The summed E-state index contributed by atoms with van der Waals surface area (Å²) in [6.07, 6.45) is 6.97. The Kier molecular flexibility index (Phi) is 5.13. The molecule has 0 bridgehead atoms. The molecule has 7 nitrogen and oxygen atoms in total. The number of likely N-dealkylation sites (tertiary alicyclic amines) is 1. The van der Waals surface area contributed by atoms with Gasteiger partial charge in [-0.1, -0.05) is 30.6 Å². The maximum atomic E-state index is 12.7. The molecular weight excluding hydrogens is 398 g/mol. The van der Waals surface area contributed by atoms with Crippen LogP contribution in [-0.4, -0.2) is 49.0 Å². The lowest BCUT2D eigenvalue weighted by Crippen LogP contribution is -2.38. The second kappa shape index (κ2) is 7.44. The standard InChI is InChI=1S/C19H23N3O4S2/c1-28(25,26)14-7-8-15-16(10-14)27-19(20-15)21-18(24)12-9-17(23)22(11-12)13-5-3-2-4-6-13/h7-8,10,12-13H,2-6,9,11H2,1H3,(H,20,21,24). The number of nitrogens with zero attached hydrogens (tertiary/aromatic N) is 2. The molecule has 1 N–H and O–H groups in total. The predicted octanol–water partition coefficient (Wildman–Crippen LogP) is 2.82. The molecule has 1 unspecified atom stereocenters. The summed E-state index contributed by atoms with van der Waals surface area (Å²) in [5.41, 5.74) is 0.638. The van der Waals surface area contributed by atoms with Crippen molar-refractivity contribution in [1.82, 2.24) is 9.88 Å². The molecule has 1 aliphatic carbocycles. The van der Waals surface area contributed by atoms with Crippen LogP contribution >= 0.6 is 11.3 Å². The smallest absolute Gasteiger partial charge is 0.231 e. The molecule has 150 valence electrons. The van der Waals surface area contributed by atoms with E-state index in [1.807, 2.05) is 4.90 Å². The Bertz CT molecular complexity index is 1020. The van der Waals surface area contributed by atoms with E-state index >= 15 is 0 Å². The van der Waals surface area contributed by atoms with Crippen molar-refractivity contribution in [3.63, 3.8) is 0 Å². The maximum Gasteiger partial charge on any atom is 0.231 e. The molecule has 1 saturated carbocycles. The van der Waals surface area contributed by atoms with Crippen molar-refractivity contribution in [2.24, 2.45) is 5.92 Å². The number of thiazole rings is 1. The highest BCUT2D eigenvalue weighted by Crippen LogP contribution is 2.31. The number of rotatable bonds is 4. The number of fused-ring (bicyclic) bond motifs is 1. The van der Waals surface area contributed by atoms with Crippen LogP contribution in [0.5, 0.6) is 0 Å². The number of amides is 2. The van der Waals surface area contributed by atoms with Gasteiger partial charge in [0.25, 0.3) is 0 Å². The van der Waals surface area contributed by atoms with Crippen LogP contribution in [-0.2, 0) is 19.4 Å². The summed E-state index contributed by atoms with van der Waals surface area (Å²) in [6, 6.07) is 5.00. The first-order chi connectivity index (χ1) is 13.3. The summed E-state index contributed by atoms with van der Waals surface area (Å²) in [5.74, 6) is -0.504. The largest absolute Gasteiger partial charge is 0.339 e. The van der Waals surface area contributed by atoms with E-state index in [1.54, 1.807) is 12.1 Å². The normalized spacial score (nSPS) is 21.4. The Hall–Kier alpha value is -2.00. The second-order valence-corrected chi connectivity index (χ2v) is 10.7. The van der Waals surface area contributed by atoms with Crippen LogP contribution in [0.25, 0.3) is 10.2 Å². The molecule has 2 amide bonds. The first-order valence-corrected chi connectivity index (χ1v) is 12.2. The number of carbonyl (C=O) groups excluding carboxylic acids is 2. The van der Waals surface area contributed by atoms with Crippen molar-refractivity contribution in [2.75, 3.05) is 18.1 Å². The van der Waals surface area contributed by atoms with E-state index in [4.69, 9.17) is 0 Å². The number of sulfone groups is 1. The Labute approximate surface area is 168 Å². The lowest BCUT2D eigenvalue weighted by Gasteiger charge is -2.31. The van der Waals surface area contributed by atoms with Gasteiger partial charge >= 0.3 is 0 Å². The third kappa shape index (κ3) is 3.91. The Morgan fingerprint density at radius 3 is 2.71 bits per heavy atom. The molecule has 28 heavy (non-hydrogen) atoms. The molecule has 2 fully saturated rings. The minimum atomic E-state index is -3.30. The number of nitrogens with one attached hydrogen (secondary N) is 1. The lowest BCUT2D eigenvalue weighted by atomic mass is 9.94. The number of aromatic nitrogens is 1. The van der Waals surface area contributed by atoms with Gasteiger partial charge in [0, 0.05) is 25.3 Å². The summed E-state index contributed by atoms with van der Waals surface area (Å²) in [7, 11) is -3.30. The first-order valence-electron chi connectivity index (χ1n) is 9.52. The van der Waals surface area contributed by atoms with Gasteiger partial charge in [0.15, 0.2) is 15.0 Å². The van der Waals surface area contributed by atoms with E-state index in [2.05, 4.69) is 10.3 Å². The molecular formula is C19H23N3O4S2. The second-order valence-electron chi connectivity index (χ2n) is 7.65. The number of anilines is 1. The fraction of sp³-hybridized carbons (Fsp3) is 0.526. The number of hydrogen-bond acceptors (Lipinski definition) is 6. The number of benzene rings is 1. The highest BCUT2D eigenvalue weighted by Gasteiger charge is 2.38. The Morgan fingerprint density at radius 2 is 2.00 bits per heavy atom. The zero-order valence-corrected chi connectivity index (χ0v) is 17.3. The molecule has 9 heteroatoms. The van der Waals surface area contributed by atoms with Crippen molar-refractivity contribution in [3.8, 4) is 0 Å². The minimum absolute atomic E-state index is 0.0640. The fourth-order valence-corrected chi connectivity index (χ4v) is 5.68.